The van der Waals surface area contributed by atoms with Crippen molar-refractivity contribution in [3.63, 3.8) is 0 Å². The number of allylic oxidation sites excluding steroid dienone is 3. The van der Waals surface area contributed by atoms with Crippen LogP contribution in [-0.2, 0) is 0 Å². The first-order valence-electron chi connectivity index (χ1n) is 8.34. The third kappa shape index (κ3) is 5.46. The van der Waals surface area contributed by atoms with Gasteiger partial charge >= 0.3 is 0 Å². The summed E-state index contributed by atoms with van der Waals surface area (Å²) in [5.74, 6) is -0.248. The van der Waals surface area contributed by atoms with E-state index in [1.807, 2.05) is 19.1 Å². The zero-order valence-corrected chi connectivity index (χ0v) is 21.0. The van der Waals surface area contributed by atoms with E-state index < -0.39 is 11.9 Å². The van der Waals surface area contributed by atoms with E-state index >= 15 is 4.39 Å². The van der Waals surface area contributed by atoms with Gasteiger partial charge < -0.3 is 9.84 Å². The Kier molecular flexibility index (Phi) is 9.93. The number of halogens is 1. The van der Waals surface area contributed by atoms with E-state index in [9.17, 15) is 5.11 Å². The topological polar surface area (TPSA) is 53.2 Å². The quantitative estimate of drug-likeness (QED) is 0.417. The van der Waals surface area contributed by atoms with E-state index in [1.54, 1.807) is 43.3 Å². The second-order valence-corrected chi connectivity index (χ2v) is 6.89. The van der Waals surface area contributed by atoms with Crippen molar-refractivity contribution in [2.24, 2.45) is 0 Å². The third-order valence-electron chi connectivity index (χ3n) is 4.05. The Morgan fingerprint density at radius 1 is 1.29 bits per heavy atom. The molecule has 2 aromatic rings. The molecule has 0 saturated carbocycles. The van der Waals surface area contributed by atoms with Gasteiger partial charge in [-0.15, -0.1) is 18.7 Å². The van der Waals surface area contributed by atoms with Gasteiger partial charge in [-0.2, -0.15) is 10.2 Å². The number of methoxy groups -OCH3 is 1. The Labute approximate surface area is 193 Å². The second kappa shape index (κ2) is 11.4. The predicted molar refractivity (Wildman–Crippen MR) is 109 cm³/mol. The van der Waals surface area contributed by atoms with Crippen molar-refractivity contribution in [1.29, 1.82) is 5.26 Å². The molecule has 0 aliphatic rings. The van der Waals surface area contributed by atoms with Crippen molar-refractivity contribution >= 4 is 11.8 Å². The molecule has 1 N–H and O–H groups in total. The summed E-state index contributed by atoms with van der Waals surface area (Å²) in [6, 6.07) is 11.8. The Bertz CT molecular complexity index is 935. The normalized spacial score (nSPS) is 12.7. The van der Waals surface area contributed by atoms with Gasteiger partial charge in [-0.25, -0.2) is 17.4 Å². The Hall–Kier alpha value is -1.63. The molecule has 144 valence electrons. The first-order chi connectivity index (χ1) is 13.0. The average Bonchev–Trinajstić information content (AvgIpc) is 2.70. The van der Waals surface area contributed by atoms with Crippen LogP contribution in [-0.4, -0.2) is 12.2 Å². The van der Waals surface area contributed by atoms with Gasteiger partial charge in [0.15, 0.2) is 0 Å². The molecule has 0 aliphatic heterocycles. The monoisotopic (exact) mass is 620 g/mol. The smallest absolute Gasteiger partial charge is 0.140 e. The molecule has 0 saturated heterocycles. The van der Waals surface area contributed by atoms with Gasteiger partial charge in [-0.05, 0) is 36.8 Å². The largest absolute Gasteiger partial charge is 0.496 e. The van der Waals surface area contributed by atoms with E-state index in [4.69, 9.17) is 10.00 Å². The SMILES string of the molecule is [CH2-]/C(=C/C)S/C(=C\C)[C@H](O)c1ccc(OC)c(-c2cccc(C#N)c2)c1F.[U]. The van der Waals surface area contributed by atoms with Gasteiger partial charge in [-0.1, -0.05) is 18.2 Å². The summed E-state index contributed by atoms with van der Waals surface area (Å²) in [7, 11) is 1.46. The molecule has 0 amide bonds. The predicted octanol–water partition coefficient (Wildman–Crippen LogP) is 5.78. The van der Waals surface area contributed by atoms with Crippen molar-refractivity contribution in [2.75, 3.05) is 7.11 Å². The molecular formula is C22H21FNO2SU-. The minimum absolute atomic E-state index is 0. The van der Waals surface area contributed by atoms with Gasteiger partial charge in [0.25, 0.3) is 0 Å². The van der Waals surface area contributed by atoms with E-state index in [0.717, 1.165) is 4.91 Å². The summed E-state index contributed by atoms with van der Waals surface area (Å²) < 4.78 is 20.7. The van der Waals surface area contributed by atoms with Crippen molar-refractivity contribution in [3.8, 4) is 22.9 Å². The van der Waals surface area contributed by atoms with Gasteiger partial charge in [0.2, 0.25) is 0 Å². The fourth-order valence-corrected chi connectivity index (χ4v) is 3.38. The summed E-state index contributed by atoms with van der Waals surface area (Å²) >= 11 is 1.29. The molecule has 0 fully saturated rings. The molecule has 6 heteroatoms. The summed E-state index contributed by atoms with van der Waals surface area (Å²) in [5, 5.41) is 19.9. The molecule has 0 aliphatic carbocycles. The van der Waals surface area contributed by atoms with Crippen LogP contribution in [0.4, 0.5) is 4.39 Å². The number of hydrogen-bond donors (Lipinski definition) is 1. The van der Waals surface area contributed by atoms with Crippen LogP contribution in [0, 0.1) is 55.2 Å². The molecule has 1 atom stereocenters. The Morgan fingerprint density at radius 2 is 2.00 bits per heavy atom. The zero-order chi connectivity index (χ0) is 20.0. The van der Waals surface area contributed by atoms with Gasteiger partial charge in [0.05, 0.1) is 24.3 Å². The number of thioether (sulfide) groups is 1. The van der Waals surface area contributed by atoms with E-state index in [1.165, 1.54) is 24.9 Å². The van der Waals surface area contributed by atoms with Crippen LogP contribution < -0.4 is 4.74 Å². The molecule has 3 nitrogen and oxygen atoms in total. The second-order valence-electron chi connectivity index (χ2n) is 5.69. The summed E-state index contributed by atoms with van der Waals surface area (Å²) in [6.07, 6.45) is 2.42. The maximum absolute atomic E-state index is 15.4. The van der Waals surface area contributed by atoms with Crippen molar-refractivity contribution in [1.82, 2.24) is 0 Å². The minimum Gasteiger partial charge on any atom is -0.496 e. The number of aliphatic hydroxyl groups is 1. The number of nitrogens with zero attached hydrogens (tertiary/aromatic N) is 1. The summed E-state index contributed by atoms with van der Waals surface area (Å²) in [6.45, 7) is 7.52. The van der Waals surface area contributed by atoms with Crippen LogP contribution >= 0.6 is 11.8 Å². The molecule has 0 bridgehead atoms. The molecule has 0 spiro atoms. The fraction of sp³-hybridized carbons (Fsp3) is 0.182. The first-order valence-corrected chi connectivity index (χ1v) is 9.15. The number of aliphatic hydroxyl groups excluding tert-OH is 1. The van der Waals surface area contributed by atoms with E-state index in [0.29, 0.717) is 21.8 Å². The van der Waals surface area contributed by atoms with Crippen LogP contribution in [0.5, 0.6) is 5.75 Å². The van der Waals surface area contributed by atoms with Crippen LogP contribution in [0.25, 0.3) is 11.1 Å². The van der Waals surface area contributed by atoms with Crippen LogP contribution in [0.3, 0.4) is 0 Å². The van der Waals surface area contributed by atoms with Gasteiger partial charge in [-0.3, -0.25) is 0 Å². The molecule has 0 radical (unpaired) electrons. The molecule has 0 aromatic heterocycles. The van der Waals surface area contributed by atoms with Crippen molar-refractivity contribution in [3.05, 3.63) is 82.2 Å². The Balaban J connectivity index is 0.00000392. The van der Waals surface area contributed by atoms with Crippen LogP contribution in [0.15, 0.2) is 58.4 Å². The van der Waals surface area contributed by atoms with Crippen molar-refractivity contribution < 1.29 is 45.3 Å². The molecule has 0 heterocycles. The average molecular weight is 621 g/mol. The first kappa shape index (κ1) is 24.4. The maximum Gasteiger partial charge on any atom is 0.140 e. The standard InChI is InChI=1S/C22H21FNO2S.U/c1-5-14(3)27-19(6-2)22(25)17-10-11-18(26-4)20(21(17)23)16-9-7-8-15(12-16)13-24;/h5-12,22,25H,3H2,1-2,4H3;/q-1;/b14-5-,19-6-;/t22-;/m1./s1. The van der Waals surface area contributed by atoms with Crippen LogP contribution in [0.2, 0.25) is 0 Å². The number of ether oxygens (including phenoxy) is 1. The van der Waals surface area contributed by atoms with Crippen molar-refractivity contribution in [2.45, 2.75) is 20.0 Å². The summed E-state index contributed by atoms with van der Waals surface area (Å²) in [5.41, 5.74) is 1.28. The number of benzene rings is 2. The third-order valence-corrected chi connectivity index (χ3v) is 5.25. The minimum atomic E-state index is -1.14. The molecule has 0 unspecified atom stereocenters. The Morgan fingerprint density at radius 3 is 2.57 bits per heavy atom. The number of hydrogen-bond acceptors (Lipinski definition) is 4. The molecule has 2 aromatic carbocycles. The van der Waals surface area contributed by atoms with E-state index in [2.05, 4.69) is 6.92 Å². The maximum atomic E-state index is 15.4. The molecular weight excluding hydrogens is 599 g/mol. The number of rotatable bonds is 6. The molecule has 28 heavy (non-hydrogen) atoms. The number of nitriles is 1. The summed E-state index contributed by atoms with van der Waals surface area (Å²) in [4.78, 5) is 1.34. The van der Waals surface area contributed by atoms with Crippen LogP contribution in [0.1, 0.15) is 31.1 Å². The van der Waals surface area contributed by atoms with Gasteiger partial charge in [0.1, 0.15) is 17.7 Å². The van der Waals surface area contributed by atoms with Gasteiger partial charge in [0, 0.05) is 41.6 Å². The molecule has 2 rings (SSSR count). The fourth-order valence-electron chi connectivity index (χ4n) is 2.61. The van der Waals surface area contributed by atoms with E-state index in [-0.39, 0.29) is 42.2 Å². The zero-order valence-electron chi connectivity index (χ0n) is 16.0.